The third kappa shape index (κ3) is 5.41. The second-order valence-electron chi connectivity index (χ2n) is 8.55. The average Bonchev–Trinajstić information content (AvgIpc) is 3.48. The topological polar surface area (TPSA) is 115 Å². The van der Waals surface area contributed by atoms with E-state index in [-0.39, 0.29) is 17.7 Å². The van der Waals surface area contributed by atoms with Crippen LogP contribution in [0.1, 0.15) is 75.9 Å². The first-order chi connectivity index (χ1) is 16.5. The van der Waals surface area contributed by atoms with Gasteiger partial charge in [0.2, 0.25) is 0 Å². The fourth-order valence-electron chi connectivity index (χ4n) is 4.05. The first kappa shape index (κ1) is 24.2. The lowest BCUT2D eigenvalue weighted by Gasteiger charge is -2.31. The molecule has 0 atom stereocenters. The summed E-state index contributed by atoms with van der Waals surface area (Å²) in [6, 6.07) is 1.84. The number of piperidine rings is 1. The summed E-state index contributed by atoms with van der Waals surface area (Å²) in [6.45, 7) is 8.99. The Morgan fingerprint density at radius 1 is 1.21 bits per heavy atom. The molecule has 1 aliphatic heterocycles. The number of nitrogens with zero attached hydrogens (tertiary/aromatic N) is 6. The fraction of sp³-hybridized carbons (Fsp3) is 0.565. The van der Waals surface area contributed by atoms with E-state index in [1.807, 2.05) is 30.2 Å². The van der Waals surface area contributed by atoms with Crippen molar-refractivity contribution in [2.45, 2.75) is 52.4 Å². The van der Waals surface area contributed by atoms with E-state index in [1.165, 1.54) is 11.3 Å². The van der Waals surface area contributed by atoms with E-state index in [9.17, 15) is 9.59 Å². The van der Waals surface area contributed by atoms with E-state index in [4.69, 9.17) is 4.74 Å². The van der Waals surface area contributed by atoms with E-state index in [0.29, 0.717) is 49.0 Å². The molecule has 1 N–H and O–H groups in total. The molecule has 34 heavy (non-hydrogen) atoms. The van der Waals surface area contributed by atoms with Crippen LogP contribution in [0.3, 0.4) is 0 Å². The molecule has 0 aromatic carbocycles. The fourth-order valence-corrected chi connectivity index (χ4v) is 5.02. The predicted octanol–water partition coefficient (Wildman–Crippen LogP) is 2.76. The van der Waals surface area contributed by atoms with Gasteiger partial charge in [0.15, 0.2) is 11.3 Å². The molecule has 11 heteroatoms. The van der Waals surface area contributed by atoms with Crippen LogP contribution in [0.5, 0.6) is 0 Å². The SMILES string of the molecule is CCCOCCCNC(=O)c1csc(C2CCN(C(=O)c3nnc4cc(C)nn4c3C)CC2)n1. The van der Waals surface area contributed by atoms with E-state index in [1.54, 1.807) is 4.52 Å². The number of amides is 2. The van der Waals surface area contributed by atoms with Gasteiger partial charge in [-0.05, 0) is 39.5 Å². The van der Waals surface area contributed by atoms with Gasteiger partial charge in [-0.2, -0.15) is 5.10 Å². The number of ether oxygens (including phenoxy) is 1. The summed E-state index contributed by atoms with van der Waals surface area (Å²) in [5.41, 5.74) is 2.96. The Balaban J connectivity index is 1.29. The molecule has 182 valence electrons. The van der Waals surface area contributed by atoms with Gasteiger partial charge in [0.1, 0.15) is 5.69 Å². The standard InChI is InChI=1S/C23H31N7O3S/c1-4-11-33-12-5-8-24-21(31)18-14-34-22(25-18)17-6-9-29(10-7-17)23(32)20-16(3)30-19(26-27-20)13-15(2)28-30/h13-14,17H,4-12H2,1-3H3,(H,24,31). The van der Waals surface area contributed by atoms with E-state index in [2.05, 4.69) is 32.5 Å². The van der Waals surface area contributed by atoms with Crippen LogP contribution >= 0.6 is 11.3 Å². The van der Waals surface area contributed by atoms with Crippen LogP contribution in [0.2, 0.25) is 0 Å². The number of nitrogens with one attached hydrogen (secondary N) is 1. The lowest BCUT2D eigenvalue weighted by molar-refractivity contribution is 0.0704. The normalized spacial score (nSPS) is 14.6. The zero-order valence-electron chi connectivity index (χ0n) is 19.9. The van der Waals surface area contributed by atoms with Crippen LogP contribution in [-0.2, 0) is 4.74 Å². The van der Waals surface area contributed by atoms with Crippen molar-refractivity contribution in [2.75, 3.05) is 32.8 Å². The van der Waals surface area contributed by atoms with Crippen molar-refractivity contribution in [3.05, 3.63) is 39.2 Å². The van der Waals surface area contributed by atoms with Gasteiger partial charge < -0.3 is 15.0 Å². The lowest BCUT2D eigenvalue weighted by atomic mass is 9.97. The monoisotopic (exact) mass is 485 g/mol. The number of hydrogen-bond acceptors (Lipinski definition) is 8. The summed E-state index contributed by atoms with van der Waals surface area (Å²) >= 11 is 1.51. The number of rotatable bonds is 9. The molecule has 3 aromatic heterocycles. The maximum absolute atomic E-state index is 13.1. The van der Waals surface area contributed by atoms with Crippen molar-refractivity contribution in [2.24, 2.45) is 0 Å². The summed E-state index contributed by atoms with van der Waals surface area (Å²) in [5.74, 6) is -0.0361. The lowest BCUT2D eigenvalue weighted by Crippen LogP contribution is -2.39. The van der Waals surface area contributed by atoms with Gasteiger partial charge in [0.25, 0.3) is 11.8 Å². The molecule has 0 radical (unpaired) electrons. The highest BCUT2D eigenvalue weighted by Crippen LogP contribution is 2.31. The Labute approximate surface area is 202 Å². The van der Waals surface area contributed by atoms with Crippen molar-refractivity contribution in [1.82, 2.24) is 35.0 Å². The van der Waals surface area contributed by atoms with Crippen molar-refractivity contribution in [1.29, 1.82) is 0 Å². The minimum absolute atomic E-state index is 0.124. The number of aryl methyl sites for hydroxylation is 2. The van der Waals surface area contributed by atoms with Crippen LogP contribution < -0.4 is 5.32 Å². The van der Waals surface area contributed by atoms with Gasteiger partial charge in [-0.15, -0.1) is 21.5 Å². The molecular weight excluding hydrogens is 454 g/mol. The number of aromatic nitrogens is 5. The van der Waals surface area contributed by atoms with Crippen LogP contribution in [0, 0.1) is 13.8 Å². The van der Waals surface area contributed by atoms with E-state index >= 15 is 0 Å². The molecule has 0 bridgehead atoms. The Hall–Kier alpha value is -2.92. The number of likely N-dealkylation sites (tertiary alicyclic amines) is 1. The highest BCUT2D eigenvalue weighted by atomic mass is 32.1. The quantitative estimate of drug-likeness (QED) is 0.464. The molecule has 4 heterocycles. The van der Waals surface area contributed by atoms with Gasteiger partial charge in [-0.3, -0.25) is 9.59 Å². The second kappa shape index (κ2) is 11.0. The Bertz CT molecular complexity index is 1150. The molecule has 0 spiro atoms. The largest absolute Gasteiger partial charge is 0.381 e. The minimum atomic E-state index is -0.149. The van der Waals surface area contributed by atoms with Crippen molar-refractivity contribution in [3.63, 3.8) is 0 Å². The molecule has 0 saturated carbocycles. The smallest absolute Gasteiger partial charge is 0.276 e. The van der Waals surface area contributed by atoms with Crippen molar-refractivity contribution >= 4 is 28.8 Å². The molecule has 10 nitrogen and oxygen atoms in total. The van der Waals surface area contributed by atoms with Crippen LogP contribution in [0.25, 0.3) is 5.65 Å². The van der Waals surface area contributed by atoms with Gasteiger partial charge in [-0.1, -0.05) is 6.92 Å². The first-order valence-corrected chi connectivity index (χ1v) is 12.7. The van der Waals surface area contributed by atoms with Gasteiger partial charge >= 0.3 is 0 Å². The van der Waals surface area contributed by atoms with Crippen LogP contribution in [-0.4, -0.2) is 74.4 Å². The maximum Gasteiger partial charge on any atom is 0.276 e. The van der Waals surface area contributed by atoms with Gasteiger partial charge in [-0.25, -0.2) is 9.50 Å². The van der Waals surface area contributed by atoms with Gasteiger partial charge in [0, 0.05) is 50.2 Å². The summed E-state index contributed by atoms with van der Waals surface area (Å²) in [4.78, 5) is 31.9. The number of fused-ring (bicyclic) bond motifs is 1. The highest BCUT2D eigenvalue weighted by molar-refractivity contribution is 7.09. The molecular formula is C23H31N7O3S. The van der Waals surface area contributed by atoms with E-state index in [0.717, 1.165) is 43.0 Å². The average molecular weight is 486 g/mol. The van der Waals surface area contributed by atoms with Crippen LogP contribution in [0.15, 0.2) is 11.4 Å². The summed E-state index contributed by atoms with van der Waals surface area (Å²) in [6.07, 6.45) is 3.37. The molecule has 1 saturated heterocycles. The Morgan fingerprint density at radius 3 is 2.76 bits per heavy atom. The Kier molecular flexibility index (Phi) is 7.84. The molecule has 3 aromatic rings. The van der Waals surface area contributed by atoms with E-state index < -0.39 is 0 Å². The number of carbonyl (C=O) groups is 2. The molecule has 4 rings (SSSR count). The Morgan fingerprint density at radius 2 is 2.00 bits per heavy atom. The molecule has 1 aliphatic rings. The summed E-state index contributed by atoms with van der Waals surface area (Å²) in [5, 5.41) is 18.4. The second-order valence-corrected chi connectivity index (χ2v) is 9.44. The van der Waals surface area contributed by atoms with Crippen molar-refractivity contribution in [3.8, 4) is 0 Å². The maximum atomic E-state index is 13.1. The zero-order valence-corrected chi connectivity index (χ0v) is 20.7. The molecule has 1 fully saturated rings. The summed E-state index contributed by atoms with van der Waals surface area (Å²) < 4.78 is 7.10. The number of carbonyl (C=O) groups excluding carboxylic acids is 2. The van der Waals surface area contributed by atoms with Crippen LogP contribution in [0.4, 0.5) is 0 Å². The molecule has 0 unspecified atom stereocenters. The highest BCUT2D eigenvalue weighted by Gasteiger charge is 2.29. The third-order valence-electron chi connectivity index (χ3n) is 5.91. The molecule has 2 amide bonds. The minimum Gasteiger partial charge on any atom is -0.381 e. The third-order valence-corrected chi connectivity index (χ3v) is 6.92. The van der Waals surface area contributed by atoms with Gasteiger partial charge in [0.05, 0.1) is 16.4 Å². The van der Waals surface area contributed by atoms with Crippen molar-refractivity contribution < 1.29 is 14.3 Å². The summed E-state index contributed by atoms with van der Waals surface area (Å²) in [7, 11) is 0. The predicted molar refractivity (Wildman–Crippen MR) is 128 cm³/mol. The number of hydrogen-bond donors (Lipinski definition) is 1. The first-order valence-electron chi connectivity index (χ1n) is 11.8. The zero-order chi connectivity index (χ0) is 24.1. The number of thiazole rings is 1. The molecule has 0 aliphatic carbocycles.